The van der Waals surface area contributed by atoms with Crippen LogP contribution in [0.5, 0.6) is 0 Å². The van der Waals surface area contributed by atoms with Crippen LogP contribution < -0.4 is 27.8 Å². The van der Waals surface area contributed by atoms with Crippen LogP contribution >= 0.6 is 0 Å². The van der Waals surface area contributed by atoms with Gasteiger partial charge in [-0.2, -0.15) is 0 Å². The first-order valence-electron chi connectivity index (χ1n) is 12.5. The van der Waals surface area contributed by atoms with Gasteiger partial charge in [0.1, 0.15) is 54.9 Å². The molecule has 226 valence electrons. The lowest BCUT2D eigenvalue weighted by Gasteiger charge is -2.46. The fraction of sp³-hybridized carbons (Fsp3) is 0.905. The molecule has 0 spiro atoms. The molecule has 3 aliphatic rings. The molecule has 1 saturated carbocycles. The van der Waals surface area contributed by atoms with E-state index in [1.54, 1.807) is 6.92 Å². The summed E-state index contributed by atoms with van der Waals surface area (Å²) in [5.74, 6) is -1.76. The minimum atomic E-state index is -1.72. The lowest BCUT2D eigenvalue weighted by atomic mass is 9.81. The molecular formula is C21H41N7O11. The van der Waals surface area contributed by atoms with E-state index >= 15 is 0 Å². The molecule has 16 N–H and O–H groups in total. The number of nitrogens with two attached hydrogens (primary N) is 3. The summed E-state index contributed by atoms with van der Waals surface area (Å²) in [6.45, 7) is 0.584. The summed E-state index contributed by atoms with van der Waals surface area (Å²) in [5.41, 5.74) is 16.3. The second-order valence-corrected chi connectivity index (χ2v) is 9.88. The number of guanidine groups is 2. The van der Waals surface area contributed by atoms with Crippen molar-refractivity contribution in [3.8, 4) is 0 Å². The van der Waals surface area contributed by atoms with E-state index in [-0.39, 0.29) is 0 Å². The summed E-state index contributed by atoms with van der Waals surface area (Å²) in [4.78, 5) is 3.78. The van der Waals surface area contributed by atoms with Gasteiger partial charge in [0.2, 0.25) is 0 Å². The van der Waals surface area contributed by atoms with Crippen molar-refractivity contribution in [1.29, 1.82) is 5.41 Å². The Bertz CT molecular complexity index is 855. The maximum Gasteiger partial charge on any atom is 0.186 e. The summed E-state index contributed by atoms with van der Waals surface area (Å²) < 4.78 is 23.6. The molecule has 39 heavy (non-hydrogen) atoms. The van der Waals surface area contributed by atoms with Gasteiger partial charge < -0.3 is 82.5 Å². The quantitative estimate of drug-likeness (QED) is 0.0908. The van der Waals surface area contributed by atoms with E-state index in [0.29, 0.717) is 0 Å². The number of nitrogens with one attached hydrogen (secondary N) is 3. The van der Waals surface area contributed by atoms with Gasteiger partial charge in [-0.3, -0.25) is 5.41 Å². The third kappa shape index (κ3) is 6.53. The summed E-state index contributed by atoms with van der Waals surface area (Å²) >= 11 is 0. The average molecular weight is 568 g/mol. The zero-order valence-corrected chi connectivity index (χ0v) is 21.5. The highest BCUT2D eigenvalue weighted by Crippen LogP contribution is 2.36. The van der Waals surface area contributed by atoms with Crippen LogP contribution in [0.2, 0.25) is 0 Å². The number of nitrogens with zero attached hydrogens (tertiary/aromatic N) is 1. The Morgan fingerprint density at radius 2 is 1.49 bits per heavy atom. The number of hydrogen-bond donors (Lipinski definition) is 13. The van der Waals surface area contributed by atoms with E-state index in [4.69, 9.17) is 41.6 Å². The fourth-order valence-corrected chi connectivity index (χ4v) is 5.26. The maximum absolute atomic E-state index is 10.9. The smallest absolute Gasteiger partial charge is 0.186 e. The number of aliphatic hydroxyl groups is 7. The Morgan fingerprint density at radius 3 is 2.03 bits per heavy atom. The Kier molecular flexibility index (Phi) is 10.6. The molecule has 0 aromatic heterocycles. The van der Waals surface area contributed by atoms with Crippen molar-refractivity contribution in [3.05, 3.63) is 0 Å². The molecule has 3 rings (SSSR count). The Hall–Kier alpha value is -1.94. The zero-order chi connectivity index (χ0) is 29.2. The van der Waals surface area contributed by atoms with Crippen LogP contribution in [0.15, 0.2) is 4.99 Å². The van der Waals surface area contributed by atoms with Crippen molar-refractivity contribution < 1.29 is 54.7 Å². The molecule has 3 fully saturated rings. The standard InChI is InChI=1S/C21H41N7O11/c1-5-6(3-29)16(38-18-10(26-2)14(34)11(31)7(4-30)37-18)19(36-5)39-17-9(28-21(24)25)12(32)8(27-20(22)23)13(33)15(17)35/h5-19,26,29-35H,3-4H2,1-2H3,(H4,22,23,27)(H4,24,25,28)/t5-,6+,7-,8+,9-,10-,11-,12+,13-,14-,15+,16+,17+,18-,19-/m0/s1. The molecule has 0 radical (unpaired) electrons. The normalized spacial score (nSPS) is 46.5. The predicted molar refractivity (Wildman–Crippen MR) is 132 cm³/mol. The van der Waals surface area contributed by atoms with Gasteiger partial charge in [-0.1, -0.05) is 0 Å². The molecule has 18 heteroatoms. The van der Waals surface area contributed by atoms with Crippen molar-refractivity contribution in [2.75, 3.05) is 20.3 Å². The maximum atomic E-state index is 10.9. The van der Waals surface area contributed by atoms with Crippen LogP contribution in [-0.4, -0.2) is 154 Å². The molecular weight excluding hydrogens is 526 g/mol. The lowest BCUT2D eigenvalue weighted by Crippen LogP contribution is -2.70. The van der Waals surface area contributed by atoms with E-state index in [0.717, 1.165) is 0 Å². The van der Waals surface area contributed by atoms with Gasteiger partial charge in [-0.05, 0) is 14.0 Å². The summed E-state index contributed by atoms with van der Waals surface area (Å²) in [6.07, 6.45) is -14.8. The van der Waals surface area contributed by atoms with Gasteiger partial charge in [-0.25, -0.2) is 4.99 Å². The largest absolute Gasteiger partial charge is 0.396 e. The van der Waals surface area contributed by atoms with Crippen LogP contribution in [0.4, 0.5) is 0 Å². The van der Waals surface area contributed by atoms with Crippen molar-refractivity contribution in [2.24, 2.45) is 28.1 Å². The van der Waals surface area contributed by atoms with Crippen LogP contribution in [0.1, 0.15) is 6.92 Å². The number of hydrogen-bond acceptors (Lipinski definition) is 14. The summed E-state index contributed by atoms with van der Waals surface area (Å²) in [7, 11) is 1.50. The monoisotopic (exact) mass is 567 g/mol. The number of aliphatic imine (C=N–C) groups is 1. The van der Waals surface area contributed by atoms with E-state index in [2.05, 4.69) is 15.6 Å². The first-order valence-corrected chi connectivity index (χ1v) is 12.5. The third-order valence-corrected chi connectivity index (χ3v) is 7.38. The van der Waals surface area contributed by atoms with Crippen LogP contribution in [0, 0.1) is 11.3 Å². The van der Waals surface area contributed by atoms with Gasteiger partial charge in [0, 0.05) is 5.92 Å². The average Bonchev–Trinajstić information content (AvgIpc) is 3.17. The van der Waals surface area contributed by atoms with Gasteiger partial charge in [0.05, 0.1) is 31.4 Å². The van der Waals surface area contributed by atoms with E-state index in [1.807, 2.05) is 0 Å². The number of aliphatic hydroxyl groups excluding tert-OH is 7. The van der Waals surface area contributed by atoms with E-state index in [9.17, 15) is 35.7 Å². The Labute approximate surface area is 224 Å². The number of likely N-dealkylation sites (N-methyl/N-ethyl adjacent to an activating group) is 1. The molecule has 0 aromatic rings. The zero-order valence-electron chi connectivity index (χ0n) is 21.5. The minimum Gasteiger partial charge on any atom is -0.396 e. The first-order chi connectivity index (χ1) is 18.4. The lowest BCUT2D eigenvalue weighted by molar-refractivity contribution is -0.310. The van der Waals surface area contributed by atoms with Crippen molar-refractivity contribution in [3.63, 3.8) is 0 Å². The summed E-state index contributed by atoms with van der Waals surface area (Å²) in [5, 5.41) is 85.8. The van der Waals surface area contributed by atoms with Crippen LogP contribution in [-0.2, 0) is 18.9 Å². The first kappa shape index (κ1) is 31.6. The molecule has 15 atom stereocenters. The molecule has 18 nitrogen and oxygen atoms in total. The molecule has 0 bridgehead atoms. The highest BCUT2D eigenvalue weighted by Gasteiger charge is 2.55. The van der Waals surface area contributed by atoms with E-state index < -0.39 is 117 Å². The van der Waals surface area contributed by atoms with Crippen LogP contribution in [0.3, 0.4) is 0 Å². The number of ether oxygens (including phenoxy) is 4. The molecule has 2 aliphatic heterocycles. The molecule has 0 amide bonds. The van der Waals surface area contributed by atoms with Crippen molar-refractivity contribution in [2.45, 2.75) is 92.6 Å². The van der Waals surface area contributed by atoms with Gasteiger partial charge in [0.25, 0.3) is 0 Å². The van der Waals surface area contributed by atoms with Gasteiger partial charge >= 0.3 is 0 Å². The highest BCUT2D eigenvalue weighted by molar-refractivity contribution is 5.76. The second kappa shape index (κ2) is 13.1. The Morgan fingerprint density at radius 1 is 0.846 bits per heavy atom. The number of rotatable bonds is 9. The molecule has 1 aliphatic carbocycles. The van der Waals surface area contributed by atoms with Crippen LogP contribution in [0.25, 0.3) is 0 Å². The fourth-order valence-electron chi connectivity index (χ4n) is 5.26. The topological polar surface area (TPSA) is 317 Å². The molecule has 0 unspecified atom stereocenters. The molecule has 2 heterocycles. The minimum absolute atomic E-state index is 0.433. The Balaban J connectivity index is 1.89. The highest BCUT2D eigenvalue weighted by atomic mass is 16.8. The predicted octanol–water partition coefficient (Wildman–Crippen LogP) is -7.27. The van der Waals surface area contributed by atoms with Crippen molar-refractivity contribution >= 4 is 11.9 Å². The summed E-state index contributed by atoms with van der Waals surface area (Å²) in [6, 6.07) is -3.67. The third-order valence-electron chi connectivity index (χ3n) is 7.38. The molecule has 0 aromatic carbocycles. The van der Waals surface area contributed by atoms with Gasteiger partial charge in [0.15, 0.2) is 24.5 Å². The second-order valence-electron chi connectivity index (χ2n) is 9.88. The SMILES string of the molecule is CN[C@@H]1[C@H](O[C@H]2[C@H](O[C@H]3[C@H](O)[C@@H](O)[C@H](N=C(N)N)[C@@H](O)[C@@H]3NC(=N)N)O[C@@H](C)[C@H]2CO)O[C@@H](CO)[C@H](O)[C@H]1O. The molecule has 2 saturated heterocycles. The van der Waals surface area contributed by atoms with Crippen molar-refractivity contribution in [1.82, 2.24) is 10.6 Å². The van der Waals surface area contributed by atoms with Gasteiger partial charge in [-0.15, -0.1) is 0 Å². The van der Waals surface area contributed by atoms with E-state index in [1.165, 1.54) is 7.05 Å².